The van der Waals surface area contributed by atoms with E-state index in [1.165, 1.54) is 12.7 Å². The summed E-state index contributed by atoms with van der Waals surface area (Å²) in [6.45, 7) is 3.50. The maximum Gasteiger partial charge on any atom is 0.319 e. The Hall–Kier alpha value is -2.67. The molecule has 7 nitrogen and oxygen atoms in total. The molecule has 0 spiro atoms. The van der Waals surface area contributed by atoms with Crippen LogP contribution in [-0.2, 0) is 11.3 Å². The lowest BCUT2D eigenvalue weighted by Gasteiger charge is -2.17. The number of hydrogen-bond acceptors (Lipinski definition) is 6. The van der Waals surface area contributed by atoms with E-state index in [0.717, 1.165) is 37.3 Å². The molecule has 2 fully saturated rings. The number of fused-ring (bicyclic) bond motifs is 1. The predicted octanol–water partition coefficient (Wildman–Crippen LogP) is 1.34. The highest BCUT2D eigenvalue weighted by atomic mass is 16.5. The Labute approximate surface area is 152 Å². The summed E-state index contributed by atoms with van der Waals surface area (Å²) in [6, 6.07) is 8.59. The Balaban J connectivity index is 1.47. The molecule has 3 heterocycles. The molecule has 2 atom stereocenters. The van der Waals surface area contributed by atoms with E-state index < -0.39 is 0 Å². The highest BCUT2D eigenvalue weighted by Gasteiger charge is 2.41. The smallest absolute Gasteiger partial charge is 0.319 e. The molecule has 26 heavy (non-hydrogen) atoms. The molecule has 4 rings (SSSR count). The summed E-state index contributed by atoms with van der Waals surface area (Å²) >= 11 is 0. The number of ether oxygens (including phenoxy) is 2. The Morgan fingerprint density at radius 1 is 1.19 bits per heavy atom. The van der Waals surface area contributed by atoms with Gasteiger partial charge < -0.3 is 14.8 Å². The molecule has 136 valence electrons. The van der Waals surface area contributed by atoms with Gasteiger partial charge in [-0.3, -0.25) is 9.69 Å². The Morgan fingerprint density at radius 3 is 2.69 bits per heavy atom. The topological polar surface area (TPSA) is 76.6 Å². The van der Waals surface area contributed by atoms with E-state index in [-0.39, 0.29) is 17.8 Å². The van der Waals surface area contributed by atoms with Crippen LogP contribution >= 0.6 is 0 Å². The van der Waals surface area contributed by atoms with Gasteiger partial charge in [-0.15, -0.1) is 0 Å². The van der Waals surface area contributed by atoms with Gasteiger partial charge in [0.25, 0.3) is 0 Å². The van der Waals surface area contributed by atoms with Crippen molar-refractivity contribution in [3.63, 3.8) is 0 Å². The van der Waals surface area contributed by atoms with Gasteiger partial charge in [-0.2, -0.15) is 4.98 Å². The van der Waals surface area contributed by atoms with Crippen LogP contribution in [0.2, 0.25) is 0 Å². The second-order valence-corrected chi connectivity index (χ2v) is 6.78. The number of amides is 1. The Bertz CT molecular complexity index is 809. The molecule has 0 saturated carbocycles. The van der Waals surface area contributed by atoms with Crippen LogP contribution in [0.3, 0.4) is 0 Å². The summed E-state index contributed by atoms with van der Waals surface area (Å²) in [5, 5.41) is 2.95. The van der Waals surface area contributed by atoms with E-state index in [2.05, 4.69) is 32.3 Å². The van der Waals surface area contributed by atoms with E-state index in [0.29, 0.717) is 11.8 Å². The number of carbonyl (C=O) groups excluding carboxylic acids is 1. The van der Waals surface area contributed by atoms with E-state index in [9.17, 15) is 4.79 Å². The van der Waals surface area contributed by atoms with Crippen LogP contribution in [0.15, 0.2) is 30.5 Å². The van der Waals surface area contributed by atoms with Crippen molar-refractivity contribution >= 4 is 5.91 Å². The van der Waals surface area contributed by atoms with Crippen LogP contribution in [0.1, 0.15) is 5.56 Å². The maximum atomic E-state index is 11.8. The van der Waals surface area contributed by atoms with Crippen molar-refractivity contribution in [2.24, 2.45) is 11.8 Å². The van der Waals surface area contributed by atoms with E-state index in [1.807, 2.05) is 12.1 Å². The van der Waals surface area contributed by atoms with Crippen LogP contribution in [0.4, 0.5) is 0 Å². The molecule has 0 unspecified atom stereocenters. The standard InChI is InChI=1S/C19H22N4O3/c1-25-18-15(8-21-19(22-18)26-2)13-5-3-12(4-6-13)9-23-10-14-7-20-17(24)16(14)11-23/h3-6,8,14,16H,7,9-11H2,1-2H3,(H,20,24)/t14-,16+/m0/s1. The van der Waals surface area contributed by atoms with Gasteiger partial charge in [0.2, 0.25) is 11.8 Å². The first-order valence-electron chi connectivity index (χ1n) is 8.72. The molecule has 2 aliphatic heterocycles. The number of nitrogens with one attached hydrogen (secondary N) is 1. The van der Waals surface area contributed by atoms with Gasteiger partial charge in [0, 0.05) is 38.3 Å². The number of aromatic nitrogens is 2. The van der Waals surface area contributed by atoms with Gasteiger partial charge >= 0.3 is 6.01 Å². The van der Waals surface area contributed by atoms with Crippen molar-refractivity contribution in [3.8, 4) is 23.0 Å². The molecule has 0 radical (unpaired) electrons. The fraction of sp³-hybridized carbons (Fsp3) is 0.421. The van der Waals surface area contributed by atoms with E-state index in [1.54, 1.807) is 13.3 Å². The minimum atomic E-state index is 0.162. The number of hydrogen-bond donors (Lipinski definition) is 1. The summed E-state index contributed by atoms with van der Waals surface area (Å²) < 4.78 is 10.4. The zero-order valence-corrected chi connectivity index (χ0v) is 14.9. The Kier molecular flexibility index (Phi) is 4.46. The quantitative estimate of drug-likeness (QED) is 0.873. The summed E-state index contributed by atoms with van der Waals surface area (Å²) in [6.07, 6.45) is 1.71. The average molecular weight is 354 g/mol. The summed E-state index contributed by atoms with van der Waals surface area (Å²) in [5.41, 5.74) is 3.04. The normalized spacial score (nSPS) is 22.2. The van der Waals surface area contributed by atoms with Gasteiger partial charge in [0.05, 0.1) is 25.7 Å². The van der Waals surface area contributed by atoms with Crippen molar-refractivity contribution in [2.75, 3.05) is 33.9 Å². The van der Waals surface area contributed by atoms with Crippen LogP contribution in [0, 0.1) is 11.8 Å². The van der Waals surface area contributed by atoms with Crippen molar-refractivity contribution in [1.82, 2.24) is 20.2 Å². The SMILES string of the molecule is COc1ncc(-c2ccc(CN3C[C@@H]4CNC(=O)[C@@H]4C3)cc2)c(OC)n1. The third kappa shape index (κ3) is 3.10. The lowest BCUT2D eigenvalue weighted by atomic mass is 10.0. The number of benzene rings is 1. The molecular weight excluding hydrogens is 332 g/mol. The van der Waals surface area contributed by atoms with Gasteiger partial charge in [0.15, 0.2) is 0 Å². The van der Waals surface area contributed by atoms with Gasteiger partial charge in [-0.25, -0.2) is 4.98 Å². The number of rotatable bonds is 5. The fourth-order valence-corrected chi connectivity index (χ4v) is 3.81. The highest BCUT2D eigenvalue weighted by Crippen LogP contribution is 2.31. The first kappa shape index (κ1) is 16.8. The van der Waals surface area contributed by atoms with Crippen molar-refractivity contribution in [2.45, 2.75) is 6.54 Å². The molecule has 2 aromatic rings. The molecule has 1 aromatic heterocycles. The summed E-state index contributed by atoms with van der Waals surface area (Å²) in [7, 11) is 3.11. The molecule has 1 N–H and O–H groups in total. The number of likely N-dealkylation sites (tertiary alicyclic amines) is 1. The molecule has 7 heteroatoms. The highest BCUT2D eigenvalue weighted by molar-refractivity contribution is 5.81. The van der Waals surface area contributed by atoms with Crippen LogP contribution in [-0.4, -0.2) is 54.6 Å². The predicted molar refractivity (Wildman–Crippen MR) is 95.8 cm³/mol. The van der Waals surface area contributed by atoms with Crippen molar-refractivity contribution in [1.29, 1.82) is 0 Å². The number of carbonyl (C=O) groups is 1. The van der Waals surface area contributed by atoms with Crippen LogP contribution < -0.4 is 14.8 Å². The first-order valence-corrected chi connectivity index (χ1v) is 8.72. The zero-order valence-electron chi connectivity index (χ0n) is 14.9. The number of methoxy groups -OCH3 is 2. The minimum Gasteiger partial charge on any atom is -0.480 e. The van der Waals surface area contributed by atoms with Crippen molar-refractivity contribution < 1.29 is 14.3 Å². The lowest BCUT2D eigenvalue weighted by Crippen LogP contribution is -2.28. The van der Waals surface area contributed by atoms with Gasteiger partial charge in [-0.05, 0) is 11.1 Å². The van der Waals surface area contributed by atoms with E-state index >= 15 is 0 Å². The lowest BCUT2D eigenvalue weighted by molar-refractivity contribution is -0.122. The summed E-state index contributed by atoms with van der Waals surface area (Å²) in [4.78, 5) is 22.5. The van der Waals surface area contributed by atoms with Crippen molar-refractivity contribution in [3.05, 3.63) is 36.0 Å². The summed E-state index contributed by atoms with van der Waals surface area (Å²) in [5.74, 6) is 1.32. The van der Waals surface area contributed by atoms with Gasteiger partial charge in [-0.1, -0.05) is 24.3 Å². The monoisotopic (exact) mass is 354 g/mol. The molecular formula is C19H22N4O3. The molecule has 1 aromatic carbocycles. The second-order valence-electron chi connectivity index (χ2n) is 6.78. The Morgan fingerprint density at radius 2 is 2.00 bits per heavy atom. The largest absolute Gasteiger partial charge is 0.480 e. The van der Waals surface area contributed by atoms with Crippen LogP contribution in [0.25, 0.3) is 11.1 Å². The third-order valence-corrected chi connectivity index (χ3v) is 5.17. The van der Waals surface area contributed by atoms with Crippen LogP contribution in [0.5, 0.6) is 11.9 Å². The third-order valence-electron chi connectivity index (χ3n) is 5.17. The molecule has 0 aliphatic carbocycles. The maximum absolute atomic E-state index is 11.8. The average Bonchev–Trinajstić information content (AvgIpc) is 3.23. The molecule has 2 saturated heterocycles. The minimum absolute atomic E-state index is 0.162. The molecule has 0 bridgehead atoms. The fourth-order valence-electron chi connectivity index (χ4n) is 3.81. The molecule has 1 amide bonds. The second kappa shape index (κ2) is 6.92. The number of nitrogens with zero attached hydrogens (tertiary/aromatic N) is 3. The van der Waals surface area contributed by atoms with Gasteiger partial charge in [0.1, 0.15) is 0 Å². The first-order chi connectivity index (χ1) is 12.7. The molecule has 2 aliphatic rings. The van der Waals surface area contributed by atoms with E-state index in [4.69, 9.17) is 9.47 Å². The zero-order chi connectivity index (χ0) is 18.1.